The van der Waals surface area contributed by atoms with E-state index in [2.05, 4.69) is 4.72 Å². The van der Waals surface area contributed by atoms with E-state index < -0.39 is 40.5 Å². The second kappa shape index (κ2) is 8.81. The lowest BCUT2D eigenvalue weighted by molar-refractivity contribution is -0.156. The van der Waals surface area contributed by atoms with Crippen LogP contribution in [0.4, 0.5) is 0 Å². The molecule has 1 N–H and O–H groups in total. The highest BCUT2D eigenvalue weighted by Crippen LogP contribution is 2.17. The molecule has 1 aromatic rings. The lowest BCUT2D eigenvalue weighted by Crippen LogP contribution is -2.46. The van der Waals surface area contributed by atoms with Crippen molar-refractivity contribution in [3.05, 3.63) is 29.3 Å². The van der Waals surface area contributed by atoms with E-state index in [1.54, 1.807) is 13.8 Å². The summed E-state index contributed by atoms with van der Waals surface area (Å²) in [6, 6.07) is 4.41. The van der Waals surface area contributed by atoms with Gasteiger partial charge in [0.2, 0.25) is 15.9 Å². The van der Waals surface area contributed by atoms with Gasteiger partial charge in [0.1, 0.15) is 6.04 Å². The highest BCUT2D eigenvalue weighted by molar-refractivity contribution is 7.89. The topological polar surface area (TPSA) is 110 Å². The van der Waals surface area contributed by atoms with Crippen LogP contribution in [0.1, 0.15) is 26.7 Å². The highest BCUT2D eigenvalue weighted by atomic mass is 35.5. The van der Waals surface area contributed by atoms with Crippen molar-refractivity contribution in [3.63, 3.8) is 0 Å². The quantitative estimate of drug-likeness (QED) is 0.671. The monoisotopic (exact) mass is 416 g/mol. The second-order valence-electron chi connectivity index (χ2n) is 6.45. The minimum Gasteiger partial charge on any atom is -0.454 e. The fourth-order valence-corrected chi connectivity index (χ4v) is 4.17. The Labute approximate surface area is 162 Å². The van der Waals surface area contributed by atoms with Crippen LogP contribution in [0.5, 0.6) is 0 Å². The van der Waals surface area contributed by atoms with E-state index in [-0.39, 0.29) is 22.2 Å². The molecule has 8 nitrogen and oxygen atoms in total. The van der Waals surface area contributed by atoms with Crippen molar-refractivity contribution < 1.29 is 27.5 Å². The van der Waals surface area contributed by atoms with Gasteiger partial charge in [-0.2, -0.15) is 4.72 Å². The summed E-state index contributed by atoms with van der Waals surface area (Å²) in [5.41, 5.74) is 0. The second-order valence-corrected chi connectivity index (χ2v) is 8.60. The molecule has 1 aromatic carbocycles. The van der Waals surface area contributed by atoms with Crippen LogP contribution in [0.3, 0.4) is 0 Å². The van der Waals surface area contributed by atoms with E-state index in [4.69, 9.17) is 16.3 Å². The Morgan fingerprint density at radius 3 is 2.59 bits per heavy atom. The highest BCUT2D eigenvalue weighted by Gasteiger charge is 2.32. The fourth-order valence-electron chi connectivity index (χ4n) is 2.54. The van der Waals surface area contributed by atoms with Gasteiger partial charge in [0.15, 0.2) is 6.61 Å². The number of sulfonamides is 1. The molecule has 0 bridgehead atoms. The largest absolute Gasteiger partial charge is 0.454 e. The predicted molar refractivity (Wildman–Crippen MR) is 97.3 cm³/mol. The Bertz CT molecular complexity index is 840. The molecule has 10 heteroatoms. The average molecular weight is 417 g/mol. The van der Waals surface area contributed by atoms with Gasteiger partial charge in [0.05, 0.1) is 4.90 Å². The van der Waals surface area contributed by atoms with Gasteiger partial charge >= 0.3 is 5.97 Å². The molecule has 0 unspecified atom stereocenters. The first-order valence-corrected chi connectivity index (χ1v) is 10.3. The van der Waals surface area contributed by atoms with Crippen molar-refractivity contribution in [2.75, 3.05) is 13.2 Å². The molecule has 0 spiro atoms. The molecule has 1 saturated heterocycles. The number of likely N-dealkylation sites (tertiary alicyclic amines) is 1. The number of carbonyl (C=O) groups excluding carboxylic acids is 3. The number of nitrogens with one attached hydrogen (secondary N) is 1. The number of hydrogen-bond acceptors (Lipinski definition) is 6. The fraction of sp³-hybridized carbons (Fsp3) is 0.471. The lowest BCUT2D eigenvalue weighted by Gasteiger charge is -2.21. The number of benzene rings is 1. The molecule has 0 saturated carbocycles. The number of esters is 1. The number of carbonyl (C=O) groups is 3. The van der Waals surface area contributed by atoms with Gasteiger partial charge in [-0.05, 0) is 30.5 Å². The summed E-state index contributed by atoms with van der Waals surface area (Å²) in [5, 5.41) is 0.238. The molecule has 1 aliphatic rings. The summed E-state index contributed by atoms with van der Waals surface area (Å²) >= 11 is 5.82. The number of halogens is 1. The molecule has 1 aliphatic heterocycles. The Kier molecular flexibility index (Phi) is 6.96. The van der Waals surface area contributed by atoms with E-state index in [0.29, 0.717) is 13.0 Å². The summed E-state index contributed by atoms with van der Waals surface area (Å²) in [4.78, 5) is 36.8. The maximum absolute atomic E-state index is 12.5. The Morgan fingerprint density at radius 2 is 2.04 bits per heavy atom. The Morgan fingerprint density at radius 1 is 1.33 bits per heavy atom. The van der Waals surface area contributed by atoms with Crippen LogP contribution in [0.2, 0.25) is 5.02 Å². The molecule has 0 aliphatic carbocycles. The van der Waals surface area contributed by atoms with Crippen LogP contribution in [-0.4, -0.2) is 50.3 Å². The van der Waals surface area contributed by atoms with Gasteiger partial charge < -0.3 is 4.74 Å². The van der Waals surface area contributed by atoms with Gasteiger partial charge in [0, 0.05) is 18.0 Å². The van der Waals surface area contributed by atoms with Gasteiger partial charge in [-0.15, -0.1) is 0 Å². The molecule has 27 heavy (non-hydrogen) atoms. The van der Waals surface area contributed by atoms with E-state index in [1.165, 1.54) is 24.3 Å². The van der Waals surface area contributed by atoms with Crippen LogP contribution >= 0.6 is 11.6 Å². The molecule has 1 atom stereocenters. The van der Waals surface area contributed by atoms with Crippen LogP contribution in [0.15, 0.2) is 29.2 Å². The third kappa shape index (κ3) is 5.50. The first-order valence-electron chi connectivity index (χ1n) is 8.39. The number of amides is 2. The van der Waals surface area contributed by atoms with Crippen molar-refractivity contribution in [1.29, 1.82) is 0 Å². The maximum Gasteiger partial charge on any atom is 0.324 e. The minimum atomic E-state index is -4.02. The molecule has 1 heterocycles. The third-order valence-corrected chi connectivity index (χ3v) is 5.70. The molecular formula is C17H21ClN2O6S. The van der Waals surface area contributed by atoms with E-state index in [0.717, 1.165) is 4.90 Å². The number of imide groups is 1. The Hall–Kier alpha value is -1.97. The van der Waals surface area contributed by atoms with Gasteiger partial charge in [-0.25, -0.2) is 8.42 Å². The van der Waals surface area contributed by atoms with Gasteiger partial charge in [0.25, 0.3) is 5.91 Å². The van der Waals surface area contributed by atoms with Crippen molar-refractivity contribution in [1.82, 2.24) is 9.62 Å². The zero-order chi connectivity index (χ0) is 20.2. The van der Waals surface area contributed by atoms with E-state index in [9.17, 15) is 22.8 Å². The molecule has 2 amide bonds. The number of rotatable bonds is 7. The zero-order valence-corrected chi connectivity index (χ0v) is 16.5. The van der Waals surface area contributed by atoms with Crippen molar-refractivity contribution in [2.45, 2.75) is 37.6 Å². The number of nitrogens with zero attached hydrogens (tertiary/aromatic N) is 1. The van der Waals surface area contributed by atoms with Crippen molar-refractivity contribution >= 4 is 39.4 Å². The summed E-state index contributed by atoms with van der Waals surface area (Å²) in [6.45, 7) is 2.95. The molecule has 2 rings (SSSR count). The summed E-state index contributed by atoms with van der Waals surface area (Å²) in [6.07, 6.45) is 0.861. The van der Waals surface area contributed by atoms with Crippen LogP contribution in [0, 0.1) is 5.92 Å². The molecule has 0 radical (unpaired) electrons. The van der Waals surface area contributed by atoms with Gasteiger partial charge in [-0.1, -0.05) is 31.5 Å². The number of ether oxygens (including phenoxy) is 1. The standard InChI is InChI=1S/C17H21ClN2O6S/c1-11(2)16(19-27(24,25)13-6-3-5-12(18)9-13)17(23)26-10-15(22)20-8-4-7-14(20)21/h3,5-6,9,11,16,19H,4,7-8,10H2,1-2H3/t16-/m0/s1. The van der Waals surface area contributed by atoms with Crippen LogP contribution < -0.4 is 4.72 Å². The first-order chi connectivity index (χ1) is 12.6. The normalized spacial score (nSPS) is 15.9. The van der Waals surface area contributed by atoms with Crippen LogP contribution in [0.25, 0.3) is 0 Å². The molecular weight excluding hydrogens is 396 g/mol. The van der Waals surface area contributed by atoms with E-state index >= 15 is 0 Å². The van der Waals surface area contributed by atoms with E-state index in [1.807, 2.05) is 0 Å². The smallest absolute Gasteiger partial charge is 0.324 e. The zero-order valence-electron chi connectivity index (χ0n) is 15.0. The number of hydrogen-bond donors (Lipinski definition) is 1. The maximum atomic E-state index is 12.5. The Balaban J connectivity index is 2.04. The SMILES string of the molecule is CC(C)[C@H](NS(=O)(=O)c1cccc(Cl)c1)C(=O)OCC(=O)N1CCCC1=O. The first kappa shape index (κ1) is 21.3. The molecule has 0 aromatic heterocycles. The minimum absolute atomic E-state index is 0.0906. The third-order valence-electron chi connectivity index (χ3n) is 4.02. The van der Waals surface area contributed by atoms with Crippen molar-refractivity contribution in [2.24, 2.45) is 5.92 Å². The molecule has 1 fully saturated rings. The van der Waals surface area contributed by atoms with Crippen LogP contribution in [-0.2, 0) is 29.1 Å². The molecule has 148 valence electrons. The van der Waals surface area contributed by atoms with Gasteiger partial charge in [-0.3, -0.25) is 19.3 Å². The summed E-state index contributed by atoms with van der Waals surface area (Å²) in [5.74, 6) is -2.25. The summed E-state index contributed by atoms with van der Waals surface area (Å²) < 4.78 is 32.2. The average Bonchev–Trinajstić information content (AvgIpc) is 3.03. The predicted octanol–water partition coefficient (Wildman–Crippen LogP) is 1.34. The lowest BCUT2D eigenvalue weighted by atomic mass is 10.1. The summed E-state index contributed by atoms with van der Waals surface area (Å²) in [7, 11) is -4.02. The van der Waals surface area contributed by atoms with Crippen molar-refractivity contribution in [3.8, 4) is 0 Å².